The van der Waals surface area contributed by atoms with E-state index in [2.05, 4.69) is 263 Å². The van der Waals surface area contributed by atoms with Crippen LogP contribution in [0.2, 0.25) is 0 Å². The van der Waals surface area contributed by atoms with Gasteiger partial charge in [-0.2, -0.15) is 0 Å². The van der Waals surface area contributed by atoms with E-state index in [4.69, 9.17) is 15.0 Å². The molecule has 0 radical (unpaired) electrons. The van der Waals surface area contributed by atoms with Gasteiger partial charge in [-0.25, -0.2) is 15.0 Å². The normalized spacial score (nSPS) is 12.1. The lowest BCUT2D eigenvalue weighted by Gasteiger charge is -2.19. The molecule has 0 N–H and O–H groups in total. The number of nitrogens with zero attached hydrogens (tertiary/aromatic N) is 5. The van der Waals surface area contributed by atoms with Crippen molar-refractivity contribution in [1.82, 2.24) is 24.1 Å². The Morgan fingerprint density at radius 1 is 0.271 bits per heavy atom. The smallest absolute Gasteiger partial charge is 0.164 e. The molecule has 5 heteroatoms. The van der Waals surface area contributed by atoms with E-state index >= 15 is 0 Å². The molecule has 0 atom stereocenters. The van der Waals surface area contributed by atoms with Gasteiger partial charge in [-0.1, -0.05) is 199 Å². The van der Waals surface area contributed by atoms with Crippen molar-refractivity contribution in [2.24, 2.45) is 0 Å². The Bertz CT molecular complexity index is 3820. The molecule has 338 valence electrons. The highest BCUT2D eigenvalue weighted by Crippen LogP contribution is 2.39. The van der Waals surface area contributed by atoms with Crippen LogP contribution < -0.4 is 0 Å². The van der Waals surface area contributed by atoms with Crippen molar-refractivity contribution >= 4 is 43.6 Å². The Hall–Kier alpha value is -8.41. The molecule has 0 spiro atoms. The second-order valence-corrected chi connectivity index (χ2v) is 20.6. The maximum absolute atomic E-state index is 5.16. The lowest BCUT2D eigenvalue weighted by molar-refractivity contribution is 0.590. The van der Waals surface area contributed by atoms with Gasteiger partial charge in [0.05, 0.1) is 22.1 Å². The second-order valence-electron chi connectivity index (χ2n) is 20.6. The third kappa shape index (κ3) is 7.64. The Labute approximate surface area is 409 Å². The minimum absolute atomic E-state index is 0.0353. The summed E-state index contributed by atoms with van der Waals surface area (Å²) in [6.07, 6.45) is 0. The summed E-state index contributed by atoms with van der Waals surface area (Å²) in [5.41, 5.74) is 16.9. The number of rotatable bonds is 7. The zero-order chi connectivity index (χ0) is 47.7. The fourth-order valence-electron chi connectivity index (χ4n) is 10.1. The van der Waals surface area contributed by atoms with Gasteiger partial charge in [0.15, 0.2) is 17.5 Å². The lowest BCUT2D eigenvalue weighted by Crippen LogP contribution is -2.10. The summed E-state index contributed by atoms with van der Waals surface area (Å²) >= 11 is 0. The quantitative estimate of drug-likeness (QED) is 0.160. The van der Waals surface area contributed by atoms with Gasteiger partial charge in [-0.05, 0) is 98.8 Å². The minimum atomic E-state index is 0.0353. The van der Waals surface area contributed by atoms with Crippen LogP contribution in [0.25, 0.3) is 111 Å². The summed E-state index contributed by atoms with van der Waals surface area (Å²) in [7, 11) is 0. The number of para-hydroxylation sites is 3. The number of aromatic nitrogens is 5. The molecule has 0 bridgehead atoms. The van der Waals surface area contributed by atoms with Gasteiger partial charge in [0.25, 0.3) is 0 Å². The van der Waals surface area contributed by atoms with Crippen LogP contribution in [0.1, 0.15) is 52.7 Å². The predicted molar refractivity (Wildman–Crippen MR) is 293 cm³/mol. The Kier molecular flexibility index (Phi) is 10.2. The van der Waals surface area contributed by atoms with E-state index in [-0.39, 0.29) is 10.8 Å². The van der Waals surface area contributed by atoms with Crippen LogP contribution in [-0.4, -0.2) is 24.1 Å². The van der Waals surface area contributed by atoms with E-state index < -0.39 is 0 Å². The van der Waals surface area contributed by atoms with Gasteiger partial charge in [-0.3, -0.25) is 0 Å². The van der Waals surface area contributed by atoms with E-state index in [9.17, 15) is 0 Å². The summed E-state index contributed by atoms with van der Waals surface area (Å²) in [4.78, 5) is 15.4. The number of fused-ring (bicyclic) bond motifs is 6. The highest BCUT2D eigenvalue weighted by atomic mass is 15.0. The molecule has 70 heavy (non-hydrogen) atoms. The molecule has 0 fully saturated rings. The Balaban J connectivity index is 0.943. The second kappa shape index (κ2) is 16.7. The van der Waals surface area contributed by atoms with Gasteiger partial charge >= 0.3 is 0 Å². The van der Waals surface area contributed by atoms with Crippen molar-refractivity contribution in [3.63, 3.8) is 0 Å². The highest BCUT2D eigenvalue weighted by molar-refractivity contribution is 6.11. The van der Waals surface area contributed by atoms with Crippen LogP contribution in [0.4, 0.5) is 0 Å². The molecular formula is C65H53N5. The third-order valence-corrected chi connectivity index (χ3v) is 13.9. The molecule has 0 aliphatic heterocycles. The highest BCUT2D eigenvalue weighted by Gasteiger charge is 2.20. The molecule has 0 amide bonds. The third-order valence-electron chi connectivity index (χ3n) is 13.9. The van der Waals surface area contributed by atoms with Crippen LogP contribution >= 0.6 is 0 Å². The average molecular weight is 904 g/mol. The predicted octanol–water partition coefficient (Wildman–Crippen LogP) is 17.0. The topological polar surface area (TPSA) is 48.5 Å². The first kappa shape index (κ1) is 42.9. The van der Waals surface area contributed by atoms with Crippen molar-refractivity contribution in [3.8, 4) is 67.8 Å². The molecule has 0 saturated carbocycles. The number of hydrogen-bond acceptors (Lipinski definition) is 3. The minimum Gasteiger partial charge on any atom is -0.309 e. The summed E-state index contributed by atoms with van der Waals surface area (Å²) in [6.45, 7) is 13.4. The first-order valence-electron chi connectivity index (χ1n) is 24.3. The van der Waals surface area contributed by atoms with Crippen molar-refractivity contribution in [2.75, 3.05) is 0 Å². The van der Waals surface area contributed by atoms with Crippen LogP contribution in [0.3, 0.4) is 0 Å². The van der Waals surface area contributed by atoms with E-state index in [0.29, 0.717) is 17.5 Å². The Morgan fingerprint density at radius 3 is 1.07 bits per heavy atom. The van der Waals surface area contributed by atoms with Crippen LogP contribution in [-0.2, 0) is 10.8 Å². The van der Waals surface area contributed by atoms with Crippen LogP contribution in [0.15, 0.2) is 212 Å². The van der Waals surface area contributed by atoms with Crippen LogP contribution in [0.5, 0.6) is 0 Å². The van der Waals surface area contributed by atoms with Gasteiger partial charge in [0, 0.05) is 49.6 Å². The molecule has 12 rings (SSSR count). The van der Waals surface area contributed by atoms with E-state index in [0.717, 1.165) is 61.4 Å². The molecule has 9 aromatic carbocycles. The molecule has 12 aromatic rings. The van der Waals surface area contributed by atoms with E-state index in [1.807, 2.05) is 0 Å². The fraction of sp³-hybridized carbons (Fsp3) is 0.123. The summed E-state index contributed by atoms with van der Waals surface area (Å²) in [5, 5.41) is 4.95. The van der Waals surface area contributed by atoms with Crippen LogP contribution in [0, 0.1) is 0 Å². The molecule has 5 nitrogen and oxygen atoms in total. The Morgan fingerprint density at radius 2 is 0.614 bits per heavy atom. The van der Waals surface area contributed by atoms with Gasteiger partial charge in [0.2, 0.25) is 0 Å². The average Bonchev–Trinajstić information content (AvgIpc) is 3.91. The maximum atomic E-state index is 5.16. The van der Waals surface area contributed by atoms with Gasteiger partial charge in [-0.15, -0.1) is 0 Å². The van der Waals surface area contributed by atoms with E-state index in [1.54, 1.807) is 0 Å². The fourth-order valence-corrected chi connectivity index (χ4v) is 10.1. The monoisotopic (exact) mass is 903 g/mol. The summed E-state index contributed by atoms with van der Waals surface area (Å²) in [6, 6.07) is 76.8. The first-order chi connectivity index (χ1) is 33.9. The van der Waals surface area contributed by atoms with E-state index in [1.165, 1.54) is 43.7 Å². The summed E-state index contributed by atoms with van der Waals surface area (Å²) in [5.74, 6) is 1.93. The molecular weight excluding hydrogens is 851 g/mol. The van der Waals surface area contributed by atoms with Crippen molar-refractivity contribution < 1.29 is 0 Å². The van der Waals surface area contributed by atoms with Gasteiger partial charge < -0.3 is 9.13 Å². The molecule has 0 unspecified atom stereocenters. The number of benzene rings is 9. The van der Waals surface area contributed by atoms with Gasteiger partial charge in [0.1, 0.15) is 0 Å². The molecule has 0 aliphatic rings. The summed E-state index contributed by atoms with van der Waals surface area (Å²) < 4.78 is 4.80. The maximum Gasteiger partial charge on any atom is 0.164 e. The zero-order valence-electron chi connectivity index (χ0n) is 40.4. The largest absolute Gasteiger partial charge is 0.309 e. The van der Waals surface area contributed by atoms with Crippen molar-refractivity contribution in [2.45, 2.75) is 52.4 Å². The van der Waals surface area contributed by atoms with Crippen molar-refractivity contribution in [1.29, 1.82) is 0 Å². The molecule has 0 saturated heterocycles. The zero-order valence-corrected chi connectivity index (χ0v) is 40.4. The molecule has 3 heterocycles. The number of hydrogen-bond donors (Lipinski definition) is 0. The molecule has 0 aliphatic carbocycles. The standard InChI is InChI=1S/C65H53N5/c1-64(2,3)49-33-28-42(29-34-49)61-66-62(43-30-35-50(36-31-43)65(4,5)6)68-63(67-61)48-19-13-16-44(38-48)45-17-14-21-52(39-45)70-59-27-12-9-24-55(59)56-37-32-47(41-60(56)70)46-18-15-20-51(40-46)69-57-25-10-7-22-53(57)54-23-8-11-26-58(54)69/h7-41H,1-6H3. The SMILES string of the molecule is CC(C)(C)c1ccc(-c2nc(-c3ccc(C(C)(C)C)cc3)nc(-c3cccc(-c4cccc(-n5c6ccccc6c6ccc(-c7cccc(-n8c9ccccc9c9ccccc98)c7)cc65)c4)c3)n2)cc1. The first-order valence-corrected chi connectivity index (χ1v) is 24.3. The van der Waals surface area contributed by atoms with Crippen molar-refractivity contribution in [3.05, 3.63) is 223 Å². The molecule has 3 aromatic heterocycles. The lowest BCUT2D eigenvalue weighted by atomic mass is 9.86.